The number of halogens is 1. The fraction of sp³-hybridized carbons (Fsp3) is 0.250. The number of primary sulfonamides is 1. The number of nitrogens with two attached hydrogens (primary N) is 1. The van der Waals surface area contributed by atoms with Crippen LogP contribution in [0, 0.1) is 5.21 Å². The number of amides is 1. The fourth-order valence-corrected chi connectivity index (χ4v) is 8.34. The normalized spacial score (nSPS) is 16.9. The lowest BCUT2D eigenvalue weighted by atomic mass is 10.1. The zero-order valence-electron chi connectivity index (χ0n) is 20.8. The number of piperazine rings is 1. The first kappa shape index (κ1) is 28.3. The minimum atomic E-state index is -3.95. The van der Waals surface area contributed by atoms with E-state index in [1.54, 1.807) is 42.5 Å². The summed E-state index contributed by atoms with van der Waals surface area (Å²) in [7, 11) is -7.83. The molecule has 40 heavy (non-hydrogen) atoms. The van der Waals surface area contributed by atoms with Gasteiger partial charge in [-0.05, 0) is 36.1 Å². The maximum Gasteiger partial charge on any atom is 0.291 e. The summed E-state index contributed by atoms with van der Waals surface area (Å²) in [6.45, 7) is -0.182. The third kappa shape index (κ3) is 5.94. The number of nitrogens with zero attached hydrogens (tertiary/aromatic N) is 5. The highest BCUT2D eigenvalue weighted by molar-refractivity contribution is 7.91. The SMILES string of the molecule is NS(=O)(=O)CCC1CN(S(=O)(=O)c2cc3ccc(Cl)cc3s2)CCN1C(=O)c1ncc(-c2cccc[n+]2[O-])cn1. The van der Waals surface area contributed by atoms with Crippen molar-refractivity contribution in [2.45, 2.75) is 16.7 Å². The topological polar surface area (TPSA) is 171 Å². The van der Waals surface area contributed by atoms with Gasteiger partial charge in [0.05, 0.1) is 11.3 Å². The van der Waals surface area contributed by atoms with Crippen molar-refractivity contribution in [3.8, 4) is 11.3 Å². The molecule has 1 aliphatic heterocycles. The number of fused-ring (bicyclic) bond motifs is 1. The largest absolute Gasteiger partial charge is 0.618 e. The number of sulfonamides is 2. The lowest BCUT2D eigenvalue weighted by Gasteiger charge is -2.40. The number of carbonyl (C=O) groups excluding carboxylic acids is 1. The second-order valence-electron chi connectivity index (χ2n) is 9.13. The smallest absolute Gasteiger partial charge is 0.291 e. The molecule has 12 nitrogen and oxygen atoms in total. The molecule has 4 aromatic rings. The maximum absolute atomic E-state index is 13.5. The Morgan fingerprint density at radius 1 is 1.12 bits per heavy atom. The lowest BCUT2D eigenvalue weighted by molar-refractivity contribution is -0.593. The summed E-state index contributed by atoms with van der Waals surface area (Å²) in [5, 5.41) is 18.5. The Bertz CT molecular complexity index is 1800. The molecule has 1 aliphatic rings. The Balaban J connectivity index is 1.39. The Hall–Kier alpha value is -3.21. The van der Waals surface area contributed by atoms with E-state index in [1.807, 2.05) is 0 Å². The molecule has 0 bridgehead atoms. The Morgan fingerprint density at radius 2 is 1.88 bits per heavy atom. The number of hydrogen-bond acceptors (Lipinski definition) is 9. The van der Waals surface area contributed by atoms with Crippen molar-refractivity contribution in [1.29, 1.82) is 0 Å². The summed E-state index contributed by atoms with van der Waals surface area (Å²) in [6, 6.07) is 10.7. The summed E-state index contributed by atoms with van der Waals surface area (Å²) in [6.07, 6.45) is 3.93. The molecular weight excluding hydrogens is 600 g/mol. The van der Waals surface area contributed by atoms with Gasteiger partial charge < -0.3 is 10.1 Å². The van der Waals surface area contributed by atoms with Crippen LogP contribution in [-0.2, 0) is 20.0 Å². The number of aromatic nitrogens is 3. The molecule has 4 heterocycles. The van der Waals surface area contributed by atoms with Crippen LogP contribution in [0.15, 0.2) is 65.3 Å². The molecule has 0 radical (unpaired) electrons. The van der Waals surface area contributed by atoms with Gasteiger partial charge in [-0.15, -0.1) is 11.3 Å². The van der Waals surface area contributed by atoms with E-state index in [4.69, 9.17) is 16.7 Å². The molecule has 0 spiro atoms. The first-order valence-corrected chi connectivity index (χ1v) is 16.3. The van der Waals surface area contributed by atoms with Crippen LogP contribution in [0.2, 0.25) is 5.02 Å². The summed E-state index contributed by atoms with van der Waals surface area (Å²) in [5.41, 5.74) is 0.702. The predicted molar refractivity (Wildman–Crippen MR) is 149 cm³/mol. The van der Waals surface area contributed by atoms with Gasteiger partial charge in [-0.3, -0.25) is 4.79 Å². The van der Waals surface area contributed by atoms with Gasteiger partial charge in [-0.2, -0.15) is 9.04 Å². The Kier molecular flexibility index (Phi) is 7.78. The van der Waals surface area contributed by atoms with Crippen molar-refractivity contribution in [3.05, 3.63) is 77.1 Å². The van der Waals surface area contributed by atoms with Crippen molar-refractivity contribution in [2.75, 3.05) is 25.4 Å². The van der Waals surface area contributed by atoms with Crippen LogP contribution in [0.4, 0.5) is 0 Å². The average molecular weight is 623 g/mol. The van der Waals surface area contributed by atoms with E-state index in [0.29, 0.717) is 25.7 Å². The van der Waals surface area contributed by atoms with E-state index < -0.39 is 37.7 Å². The summed E-state index contributed by atoms with van der Waals surface area (Å²) < 4.78 is 53.2. The second kappa shape index (κ2) is 11.0. The van der Waals surface area contributed by atoms with E-state index >= 15 is 0 Å². The van der Waals surface area contributed by atoms with E-state index in [2.05, 4.69) is 9.97 Å². The molecule has 1 unspecified atom stereocenters. The zero-order valence-corrected chi connectivity index (χ0v) is 24.0. The molecule has 1 amide bonds. The maximum atomic E-state index is 13.5. The molecule has 0 saturated carbocycles. The van der Waals surface area contributed by atoms with Gasteiger partial charge in [0.25, 0.3) is 15.9 Å². The van der Waals surface area contributed by atoms with Crippen molar-refractivity contribution >= 4 is 59.0 Å². The predicted octanol–water partition coefficient (Wildman–Crippen LogP) is 1.84. The summed E-state index contributed by atoms with van der Waals surface area (Å²) >= 11 is 7.13. The van der Waals surface area contributed by atoms with Gasteiger partial charge in [-0.25, -0.2) is 31.9 Å². The lowest BCUT2D eigenvalue weighted by Crippen LogP contribution is -2.57. The first-order chi connectivity index (χ1) is 18.9. The highest BCUT2D eigenvalue weighted by Gasteiger charge is 2.38. The van der Waals surface area contributed by atoms with Crippen LogP contribution >= 0.6 is 22.9 Å². The molecule has 210 valence electrons. The van der Waals surface area contributed by atoms with Crippen molar-refractivity contribution < 1.29 is 26.4 Å². The van der Waals surface area contributed by atoms with Crippen LogP contribution in [0.3, 0.4) is 0 Å². The molecule has 1 fully saturated rings. The highest BCUT2D eigenvalue weighted by Crippen LogP contribution is 2.33. The van der Waals surface area contributed by atoms with Crippen LogP contribution in [0.25, 0.3) is 21.3 Å². The molecule has 1 saturated heterocycles. The molecular formula is C24H23ClN6O6S3. The minimum Gasteiger partial charge on any atom is -0.618 e. The number of benzene rings is 1. The van der Waals surface area contributed by atoms with Gasteiger partial charge in [0, 0.05) is 59.9 Å². The monoisotopic (exact) mass is 622 g/mol. The van der Waals surface area contributed by atoms with Crippen molar-refractivity contribution in [3.63, 3.8) is 0 Å². The number of hydrogen-bond donors (Lipinski definition) is 1. The van der Waals surface area contributed by atoms with E-state index in [0.717, 1.165) is 16.7 Å². The van der Waals surface area contributed by atoms with Crippen LogP contribution in [-0.4, -0.2) is 73.3 Å². The molecule has 0 aliphatic carbocycles. The number of carbonyl (C=O) groups is 1. The van der Waals surface area contributed by atoms with Crippen LogP contribution in [0.5, 0.6) is 0 Å². The van der Waals surface area contributed by atoms with Gasteiger partial charge in [-0.1, -0.05) is 17.7 Å². The molecule has 5 rings (SSSR count). The number of thiophene rings is 1. The third-order valence-electron chi connectivity index (χ3n) is 6.46. The van der Waals surface area contributed by atoms with E-state index in [9.17, 15) is 26.8 Å². The first-order valence-electron chi connectivity index (χ1n) is 11.9. The quantitative estimate of drug-likeness (QED) is 0.240. The van der Waals surface area contributed by atoms with E-state index in [1.165, 1.54) is 27.8 Å². The van der Waals surface area contributed by atoms with Crippen LogP contribution in [0.1, 0.15) is 17.0 Å². The highest BCUT2D eigenvalue weighted by atomic mass is 35.5. The second-order valence-corrected chi connectivity index (χ2v) is 14.5. The van der Waals surface area contributed by atoms with Crippen molar-refractivity contribution in [1.82, 2.24) is 19.2 Å². The average Bonchev–Trinajstić information content (AvgIpc) is 3.35. The number of rotatable bonds is 7. The number of pyridine rings is 1. The van der Waals surface area contributed by atoms with E-state index in [-0.39, 0.29) is 36.1 Å². The zero-order chi connectivity index (χ0) is 28.7. The van der Waals surface area contributed by atoms with Gasteiger partial charge >= 0.3 is 0 Å². The van der Waals surface area contributed by atoms with Gasteiger partial charge in [0.15, 0.2) is 6.20 Å². The molecule has 3 aromatic heterocycles. The van der Waals surface area contributed by atoms with Crippen LogP contribution < -0.4 is 9.87 Å². The van der Waals surface area contributed by atoms with Crippen molar-refractivity contribution in [2.24, 2.45) is 5.14 Å². The molecule has 1 aromatic carbocycles. The Morgan fingerprint density at radius 3 is 2.58 bits per heavy atom. The molecule has 16 heteroatoms. The summed E-state index contributed by atoms with van der Waals surface area (Å²) in [4.78, 5) is 23.0. The minimum absolute atomic E-state index is 0.0194. The summed E-state index contributed by atoms with van der Waals surface area (Å²) in [5.74, 6) is -1.22. The molecule has 1 atom stereocenters. The third-order valence-corrected chi connectivity index (χ3v) is 10.9. The van der Waals surface area contributed by atoms with Gasteiger partial charge in [0.1, 0.15) is 4.21 Å². The van der Waals surface area contributed by atoms with Gasteiger partial charge in [0.2, 0.25) is 21.5 Å². The Labute approximate surface area is 239 Å². The fourth-order valence-electron chi connectivity index (χ4n) is 4.45. The standard InChI is InChI=1S/C24H23ClN6O6S3/c25-18-5-4-16-11-22(38-21(16)12-18)40(36,37)29-8-9-30(19(15-29)6-10-39(26,34)35)24(32)23-27-13-17(14-28-23)20-3-1-2-7-31(20)33/h1-5,7,11-14,19H,6,8-10,15H2,(H2,26,34,35). The molecule has 2 N–H and O–H groups in total.